The van der Waals surface area contributed by atoms with Gasteiger partial charge in [0.1, 0.15) is 0 Å². The van der Waals surface area contributed by atoms with Crippen LogP contribution in [-0.4, -0.2) is 16.3 Å². The smallest absolute Gasteiger partial charge is 0.0648 e. The third kappa shape index (κ3) is 3.28. The lowest BCUT2D eigenvalue weighted by molar-refractivity contribution is 0.499. The molecule has 1 aromatic carbocycles. The summed E-state index contributed by atoms with van der Waals surface area (Å²) in [5, 5.41) is 8.22. The van der Waals surface area contributed by atoms with Crippen LogP contribution in [-0.2, 0) is 6.54 Å². The van der Waals surface area contributed by atoms with Crippen molar-refractivity contribution < 1.29 is 0 Å². The third-order valence-corrected chi connectivity index (χ3v) is 3.93. The van der Waals surface area contributed by atoms with Crippen LogP contribution in [0.2, 0.25) is 0 Å². The lowest BCUT2D eigenvalue weighted by Gasteiger charge is -2.10. The van der Waals surface area contributed by atoms with Crippen LogP contribution in [0.25, 0.3) is 5.69 Å². The second-order valence-electron chi connectivity index (χ2n) is 5.54. The molecule has 2 aromatic rings. The normalized spacial score (nSPS) is 12.6. The van der Waals surface area contributed by atoms with E-state index in [9.17, 15) is 0 Å². The summed E-state index contributed by atoms with van der Waals surface area (Å²) < 4.78 is 2.04. The molecule has 1 atom stereocenters. The molecule has 0 aliphatic carbocycles. The molecule has 0 aliphatic rings. The third-order valence-electron chi connectivity index (χ3n) is 3.93. The van der Waals surface area contributed by atoms with Gasteiger partial charge in [0.15, 0.2) is 0 Å². The molecule has 3 heteroatoms. The van der Waals surface area contributed by atoms with Crippen molar-refractivity contribution in [2.45, 2.75) is 40.7 Å². The van der Waals surface area contributed by atoms with E-state index in [0.29, 0.717) is 0 Å². The Morgan fingerprint density at radius 2 is 1.90 bits per heavy atom. The first-order valence-electron chi connectivity index (χ1n) is 7.44. The van der Waals surface area contributed by atoms with Gasteiger partial charge in [-0.25, -0.2) is 4.68 Å². The highest BCUT2D eigenvalue weighted by Crippen LogP contribution is 2.17. The van der Waals surface area contributed by atoms with Crippen molar-refractivity contribution in [1.82, 2.24) is 15.1 Å². The largest absolute Gasteiger partial charge is 0.312 e. The van der Waals surface area contributed by atoms with Gasteiger partial charge in [0.05, 0.1) is 11.4 Å². The SMILES string of the molecule is CCC(C)CNCc1c(C)nn(-c2ccccc2)c1C. The average Bonchev–Trinajstić information content (AvgIpc) is 2.75. The van der Waals surface area contributed by atoms with E-state index in [2.05, 4.69) is 50.2 Å². The van der Waals surface area contributed by atoms with Gasteiger partial charge >= 0.3 is 0 Å². The molecule has 108 valence electrons. The van der Waals surface area contributed by atoms with E-state index in [-0.39, 0.29) is 0 Å². The number of nitrogens with zero attached hydrogens (tertiary/aromatic N) is 2. The minimum atomic E-state index is 0.722. The van der Waals surface area contributed by atoms with Gasteiger partial charge in [0.25, 0.3) is 0 Å². The van der Waals surface area contributed by atoms with Gasteiger partial charge in [0, 0.05) is 17.8 Å². The topological polar surface area (TPSA) is 29.9 Å². The predicted molar refractivity (Wildman–Crippen MR) is 84.2 cm³/mol. The molecule has 1 N–H and O–H groups in total. The van der Waals surface area contributed by atoms with Crippen LogP contribution in [0.5, 0.6) is 0 Å². The standard InChI is InChI=1S/C17H25N3/c1-5-13(2)11-18-12-17-14(3)19-20(15(17)4)16-9-7-6-8-10-16/h6-10,13,18H,5,11-12H2,1-4H3. The van der Waals surface area contributed by atoms with Crippen LogP contribution >= 0.6 is 0 Å². The first kappa shape index (κ1) is 14.8. The zero-order valence-corrected chi connectivity index (χ0v) is 13.0. The van der Waals surface area contributed by atoms with Crippen LogP contribution in [0.15, 0.2) is 30.3 Å². The molecule has 20 heavy (non-hydrogen) atoms. The van der Waals surface area contributed by atoms with E-state index in [1.165, 1.54) is 17.7 Å². The van der Waals surface area contributed by atoms with E-state index in [0.717, 1.165) is 30.4 Å². The summed E-state index contributed by atoms with van der Waals surface area (Å²) in [5.41, 5.74) is 4.78. The van der Waals surface area contributed by atoms with E-state index in [4.69, 9.17) is 0 Å². The number of nitrogens with one attached hydrogen (secondary N) is 1. The fraction of sp³-hybridized carbons (Fsp3) is 0.471. The highest BCUT2D eigenvalue weighted by atomic mass is 15.3. The van der Waals surface area contributed by atoms with Gasteiger partial charge in [-0.2, -0.15) is 5.10 Å². The minimum Gasteiger partial charge on any atom is -0.312 e. The number of hydrogen-bond donors (Lipinski definition) is 1. The Labute approximate surface area is 122 Å². The van der Waals surface area contributed by atoms with Crippen LogP contribution in [0, 0.1) is 19.8 Å². The zero-order chi connectivity index (χ0) is 14.5. The number of hydrogen-bond acceptors (Lipinski definition) is 2. The Morgan fingerprint density at radius 1 is 1.20 bits per heavy atom. The minimum absolute atomic E-state index is 0.722. The summed E-state index contributed by atoms with van der Waals surface area (Å²) in [6.07, 6.45) is 1.22. The lowest BCUT2D eigenvalue weighted by atomic mass is 10.1. The maximum atomic E-state index is 4.68. The van der Waals surface area contributed by atoms with Crippen molar-refractivity contribution in [2.75, 3.05) is 6.54 Å². The first-order chi connectivity index (χ1) is 9.63. The van der Waals surface area contributed by atoms with Crippen molar-refractivity contribution in [1.29, 1.82) is 0 Å². The van der Waals surface area contributed by atoms with E-state index in [1.807, 2.05) is 22.9 Å². The van der Waals surface area contributed by atoms with E-state index >= 15 is 0 Å². The molecular formula is C17H25N3. The number of aryl methyl sites for hydroxylation is 1. The first-order valence-corrected chi connectivity index (χ1v) is 7.44. The quantitative estimate of drug-likeness (QED) is 0.869. The van der Waals surface area contributed by atoms with E-state index in [1.54, 1.807) is 0 Å². The molecule has 0 spiro atoms. The maximum Gasteiger partial charge on any atom is 0.0648 e. The van der Waals surface area contributed by atoms with Gasteiger partial charge in [0.2, 0.25) is 0 Å². The maximum absolute atomic E-state index is 4.68. The molecule has 0 saturated heterocycles. The van der Waals surface area contributed by atoms with Crippen molar-refractivity contribution in [2.24, 2.45) is 5.92 Å². The molecule has 0 saturated carbocycles. The number of benzene rings is 1. The van der Waals surface area contributed by atoms with Crippen molar-refractivity contribution in [3.8, 4) is 5.69 Å². The Bertz CT molecular complexity index is 543. The van der Waals surface area contributed by atoms with E-state index < -0.39 is 0 Å². The molecule has 1 heterocycles. The fourth-order valence-electron chi connectivity index (χ4n) is 2.34. The molecule has 1 unspecified atom stereocenters. The summed E-state index contributed by atoms with van der Waals surface area (Å²) in [6, 6.07) is 10.3. The monoisotopic (exact) mass is 271 g/mol. The van der Waals surface area contributed by atoms with Gasteiger partial charge in [-0.15, -0.1) is 0 Å². The highest BCUT2D eigenvalue weighted by Gasteiger charge is 2.12. The van der Waals surface area contributed by atoms with Crippen LogP contribution < -0.4 is 5.32 Å². The molecule has 3 nitrogen and oxygen atoms in total. The summed E-state index contributed by atoms with van der Waals surface area (Å²) in [7, 11) is 0. The van der Waals surface area contributed by atoms with Gasteiger partial charge in [-0.1, -0.05) is 38.5 Å². The Kier molecular flexibility index (Phi) is 4.96. The Hall–Kier alpha value is -1.61. The molecule has 2 rings (SSSR count). The summed E-state index contributed by atoms with van der Waals surface area (Å²) in [4.78, 5) is 0. The van der Waals surface area contributed by atoms with Crippen LogP contribution in [0.4, 0.5) is 0 Å². The van der Waals surface area contributed by atoms with Gasteiger partial charge < -0.3 is 5.32 Å². The van der Waals surface area contributed by atoms with Crippen LogP contribution in [0.3, 0.4) is 0 Å². The van der Waals surface area contributed by atoms with Crippen LogP contribution in [0.1, 0.15) is 37.2 Å². The highest BCUT2D eigenvalue weighted by molar-refractivity contribution is 5.36. The second kappa shape index (κ2) is 6.71. The lowest BCUT2D eigenvalue weighted by Crippen LogP contribution is -2.21. The molecular weight excluding hydrogens is 246 g/mol. The van der Waals surface area contributed by atoms with Crippen molar-refractivity contribution >= 4 is 0 Å². The number of rotatable bonds is 6. The number of para-hydroxylation sites is 1. The fourth-order valence-corrected chi connectivity index (χ4v) is 2.34. The Balaban J connectivity index is 2.13. The molecule has 1 aromatic heterocycles. The van der Waals surface area contributed by atoms with Gasteiger partial charge in [-0.3, -0.25) is 0 Å². The molecule has 0 radical (unpaired) electrons. The average molecular weight is 271 g/mol. The second-order valence-corrected chi connectivity index (χ2v) is 5.54. The zero-order valence-electron chi connectivity index (χ0n) is 13.0. The van der Waals surface area contributed by atoms with Gasteiger partial charge in [-0.05, 0) is 38.4 Å². The molecule has 0 bridgehead atoms. The summed E-state index contributed by atoms with van der Waals surface area (Å²) in [6.45, 7) is 10.7. The van der Waals surface area contributed by atoms with Crippen molar-refractivity contribution in [3.05, 3.63) is 47.3 Å². The molecule has 0 amide bonds. The van der Waals surface area contributed by atoms with Crippen molar-refractivity contribution in [3.63, 3.8) is 0 Å². The molecule has 0 fully saturated rings. The Morgan fingerprint density at radius 3 is 2.55 bits per heavy atom. The summed E-state index contributed by atoms with van der Waals surface area (Å²) >= 11 is 0. The predicted octanol–water partition coefficient (Wildman–Crippen LogP) is 3.62. The molecule has 0 aliphatic heterocycles. The number of aromatic nitrogens is 2. The summed E-state index contributed by atoms with van der Waals surface area (Å²) in [5.74, 6) is 0.722.